The van der Waals surface area contributed by atoms with Crippen LogP contribution in [-0.4, -0.2) is 25.2 Å². The second-order valence-corrected chi connectivity index (χ2v) is 3.00. The molecule has 4 nitrogen and oxygen atoms in total. The van der Waals surface area contributed by atoms with E-state index in [0.29, 0.717) is 5.56 Å². The molecule has 0 N–H and O–H groups in total. The van der Waals surface area contributed by atoms with E-state index in [-0.39, 0.29) is 11.3 Å². The summed E-state index contributed by atoms with van der Waals surface area (Å²) in [4.78, 5) is 14.9. The molecule has 0 bridgehead atoms. The number of carbonyl (C=O) groups is 1. The van der Waals surface area contributed by atoms with E-state index < -0.39 is 18.1 Å². The van der Waals surface area contributed by atoms with Crippen LogP contribution < -0.4 is 4.74 Å². The Morgan fingerprint density at radius 2 is 2.06 bits per heavy atom. The van der Waals surface area contributed by atoms with E-state index in [1.807, 2.05) is 0 Å². The van der Waals surface area contributed by atoms with Crippen LogP contribution in [0.1, 0.15) is 28.0 Å². The number of ether oxygens (including phenoxy) is 2. The van der Waals surface area contributed by atoms with Crippen molar-refractivity contribution in [1.82, 2.24) is 4.98 Å². The molecule has 0 aromatic carbocycles. The molecular weight excluding hydrogens is 220 g/mol. The molecule has 0 saturated heterocycles. The van der Waals surface area contributed by atoms with Crippen LogP contribution in [0.25, 0.3) is 0 Å². The smallest absolute Gasteiger partial charge is 0.340 e. The fourth-order valence-corrected chi connectivity index (χ4v) is 1.34. The first kappa shape index (κ1) is 12.4. The van der Waals surface area contributed by atoms with Crippen molar-refractivity contribution in [3.05, 3.63) is 23.0 Å². The van der Waals surface area contributed by atoms with E-state index in [9.17, 15) is 13.6 Å². The quantitative estimate of drug-likeness (QED) is 0.747. The van der Waals surface area contributed by atoms with E-state index in [0.717, 1.165) is 13.3 Å². The number of halogens is 2. The molecule has 88 valence electrons. The number of aromatic nitrogens is 1. The highest BCUT2D eigenvalue weighted by Crippen LogP contribution is 2.28. The Labute approximate surface area is 91.2 Å². The molecular formula is C10H11F2NO3. The summed E-state index contributed by atoms with van der Waals surface area (Å²) in [5, 5.41) is 0. The maximum atomic E-state index is 12.6. The Bertz CT molecular complexity index is 407. The molecule has 0 fully saturated rings. The van der Waals surface area contributed by atoms with Crippen LogP contribution >= 0.6 is 0 Å². The zero-order valence-electron chi connectivity index (χ0n) is 9.08. The summed E-state index contributed by atoms with van der Waals surface area (Å²) in [5.74, 6) is -0.580. The van der Waals surface area contributed by atoms with Crippen LogP contribution in [-0.2, 0) is 4.74 Å². The van der Waals surface area contributed by atoms with E-state index in [1.165, 1.54) is 14.0 Å². The van der Waals surface area contributed by atoms with Crippen molar-refractivity contribution in [2.24, 2.45) is 0 Å². The van der Waals surface area contributed by atoms with Crippen molar-refractivity contribution in [1.29, 1.82) is 0 Å². The Kier molecular flexibility index (Phi) is 3.76. The third-order valence-electron chi connectivity index (χ3n) is 2.14. The molecule has 0 spiro atoms. The van der Waals surface area contributed by atoms with Gasteiger partial charge in [0, 0.05) is 5.56 Å². The number of carbonyl (C=O) groups excluding carboxylic acids is 1. The molecule has 0 amide bonds. The number of alkyl halides is 2. The standard InChI is InChI=1S/C10H11F2NO3/c1-5-6(15-2)4-13-8(9(11)12)7(5)10(14)16-3/h4,9H,1-3H3. The van der Waals surface area contributed by atoms with Gasteiger partial charge in [0.2, 0.25) is 0 Å². The number of hydrogen-bond acceptors (Lipinski definition) is 4. The molecule has 1 heterocycles. The van der Waals surface area contributed by atoms with Crippen LogP contribution in [0.5, 0.6) is 5.75 Å². The molecule has 0 aliphatic heterocycles. The zero-order chi connectivity index (χ0) is 12.3. The van der Waals surface area contributed by atoms with Crippen molar-refractivity contribution in [3.8, 4) is 5.75 Å². The van der Waals surface area contributed by atoms with Gasteiger partial charge in [-0.15, -0.1) is 0 Å². The van der Waals surface area contributed by atoms with Crippen LogP contribution in [0, 0.1) is 6.92 Å². The molecule has 0 saturated carbocycles. The van der Waals surface area contributed by atoms with Crippen molar-refractivity contribution in [3.63, 3.8) is 0 Å². The van der Waals surface area contributed by atoms with E-state index >= 15 is 0 Å². The first-order chi connectivity index (χ1) is 7.52. The molecule has 1 aromatic rings. The molecule has 0 radical (unpaired) electrons. The lowest BCUT2D eigenvalue weighted by atomic mass is 10.1. The van der Waals surface area contributed by atoms with Gasteiger partial charge < -0.3 is 9.47 Å². The molecule has 0 unspecified atom stereocenters. The number of esters is 1. The van der Waals surface area contributed by atoms with E-state index in [4.69, 9.17) is 4.74 Å². The molecule has 16 heavy (non-hydrogen) atoms. The number of methoxy groups -OCH3 is 2. The molecule has 1 aromatic heterocycles. The SMILES string of the molecule is COC(=O)c1c(C(F)F)ncc(OC)c1C. The largest absolute Gasteiger partial charge is 0.495 e. The van der Waals surface area contributed by atoms with Gasteiger partial charge in [-0.25, -0.2) is 13.6 Å². The van der Waals surface area contributed by atoms with Gasteiger partial charge in [0.15, 0.2) is 0 Å². The normalized spacial score (nSPS) is 10.4. The lowest BCUT2D eigenvalue weighted by molar-refractivity contribution is 0.0585. The van der Waals surface area contributed by atoms with Gasteiger partial charge in [0.1, 0.15) is 11.4 Å². The van der Waals surface area contributed by atoms with Gasteiger partial charge in [-0.2, -0.15) is 0 Å². The van der Waals surface area contributed by atoms with Gasteiger partial charge in [-0.3, -0.25) is 4.98 Å². The van der Waals surface area contributed by atoms with Crippen LogP contribution in [0.2, 0.25) is 0 Å². The minimum absolute atomic E-state index is 0.239. The molecule has 1 rings (SSSR count). The topological polar surface area (TPSA) is 48.4 Å². The summed E-state index contributed by atoms with van der Waals surface area (Å²) in [7, 11) is 2.49. The highest BCUT2D eigenvalue weighted by molar-refractivity contribution is 5.93. The van der Waals surface area contributed by atoms with Crippen molar-refractivity contribution >= 4 is 5.97 Å². The molecule has 0 aliphatic carbocycles. The second kappa shape index (κ2) is 4.87. The number of nitrogens with zero attached hydrogens (tertiary/aromatic N) is 1. The lowest BCUT2D eigenvalue weighted by Gasteiger charge is -2.12. The Morgan fingerprint density at radius 3 is 2.50 bits per heavy atom. The Hall–Kier alpha value is -1.72. The minimum Gasteiger partial charge on any atom is -0.495 e. The highest BCUT2D eigenvalue weighted by atomic mass is 19.3. The molecule has 0 aliphatic rings. The van der Waals surface area contributed by atoms with Crippen molar-refractivity contribution < 1.29 is 23.0 Å². The van der Waals surface area contributed by atoms with E-state index in [1.54, 1.807) is 0 Å². The zero-order valence-corrected chi connectivity index (χ0v) is 9.08. The van der Waals surface area contributed by atoms with Gasteiger partial charge in [-0.1, -0.05) is 0 Å². The van der Waals surface area contributed by atoms with Gasteiger partial charge in [0.05, 0.1) is 26.0 Å². The van der Waals surface area contributed by atoms with Crippen LogP contribution in [0.3, 0.4) is 0 Å². The second-order valence-electron chi connectivity index (χ2n) is 3.00. The van der Waals surface area contributed by atoms with E-state index in [2.05, 4.69) is 9.72 Å². The predicted octanol–water partition coefficient (Wildman–Crippen LogP) is 2.12. The van der Waals surface area contributed by atoms with Crippen LogP contribution in [0.15, 0.2) is 6.20 Å². The number of rotatable bonds is 3. The summed E-state index contributed by atoms with van der Waals surface area (Å²) in [5.41, 5.74) is -0.540. The average molecular weight is 231 g/mol. The Morgan fingerprint density at radius 1 is 1.44 bits per heavy atom. The predicted molar refractivity (Wildman–Crippen MR) is 51.8 cm³/mol. The minimum atomic E-state index is -2.83. The number of pyridine rings is 1. The van der Waals surface area contributed by atoms with Crippen molar-refractivity contribution in [2.45, 2.75) is 13.3 Å². The van der Waals surface area contributed by atoms with Crippen LogP contribution in [0.4, 0.5) is 8.78 Å². The summed E-state index contributed by atoms with van der Waals surface area (Å²) < 4.78 is 34.6. The third kappa shape index (κ3) is 2.10. The maximum Gasteiger partial charge on any atom is 0.340 e. The van der Waals surface area contributed by atoms with Gasteiger partial charge in [0.25, 0.3) is 6.43 Å². The lowest BCUT2D eigenvalue weighted by Crippen LogP contribution is -2.11. The summed E-state index contributed by atoms with van der Waals surface area (Å²) >= 11 is 0. The van der Waals surface area contributed by atoms with Gasteiger partial charge in [-0.05, 0) is 6.92 Å². The summed E-state index contributed by atoms with van der Waals surface area (Å²) in [6, 6.07) is 0. The monoisotopic (exact) mass is 231 g/mol. The molecule has 6 heteroatoms. The van der Waals surface area contributed by atoms with Crippen molar-refractivity contribution in [2.75, 3.05) is 14.2 Å². The van der Waals surface area contributed by atoms with Gasteiger partial charge >= 0.3 is 5.97 Å². The fraction of sp³-hybridized carbons (Fsp3) is 0.400. The maximum absolute atomic E-state index is 12.6. The first-order valence-corrected chi connectivity index (χ1v) is 4.42. The summed E-state index contributed by atoms with van der Waals surface area (Å²) in [6.07, 6.45) is -1.68. The first-order valence-electron chi connectivity index (χ1n) is 4.42. The fourth-order valence-electron chi connectivity index (χ4n) is 1.34. The highest BCUT2D eigenvalue weighted by Gasteiger charge is 2.24. The number of hydrogen-bond donors (Lipinski definition) is 0. The molecule has 0 atom stereocenters. The third-order valence-corrected chi connectivity index (χ3v) is 2.14. The average Bonchev–Trinajstić information content (AvgIpc) is 2.27. The Balaban J connectivity index is 3.42. The summed E-state index contributed by atoms with van der Waals surface area (Å²) in [6.45, 7) is 1.50.